The van der Waals surface area contributed by atoms with E-state index in [0.717, 1.165) is 46.1 Å². The number of nitrogen functional groups attached to an aromatic ring is 1. The molecule has 166 valence electrons. The maximum absolute atomic E-state index is 6.19. The fraction of sp³-hybridized carbons (Fsp3) is 0.296. The summed E-state index contributed by atoms with van der Waals surface area (Å²) in [5, 5.41) is 0. The minimum absolute atomic E-state index is 0.660. The molecule has 32 heavy (non-hydrogen) atoms. The Labute approximate surface area is 190 Å². The van der Waals surface area contributed by atoms with E-state index in [0.29, 0.717) is 18.7 Å². The van der Waals surface area contributed by atoms with Crippen molar-refractivity contribution in [1.82, 2.24) is 9.88 Å². The number of pyridine rings is 1. The van der Waals surface area contributed by atoms with Crippen LogP contribution in [0.5, 0.6) is 11.5 Å². The zero-order chi connectivity index (χ0) is 22.3. The van der Waals surface area contributed by atoms with Crippen LogP contribution in [0.4, 0.5) is 5.69 Å². The molecule has 1 fully saturated rings. The van der Waals surface area contributed by atoms with Gasteiger partial charge in [0.05, 0.1) is 18.5 Å². The lowest BCUT2D eigenvalue weighted by Crippen LogP contribution is -2.25. The fourth-order valence-corrected chi connectivity index (χ4v) is 4.18. The molecule has 0 atom stereocenters. The van der Waals surface area contributed by atoms with Gasteiger partial charge in [0, 0.05) is 29.4 Å². The van der Waals surface area contributed by atoms with Crippen molar-refractivity contribution in [2.75, 3.05) is 39.1 Å². The van der Waals surface area contributed by atoms with Gasteiger partial charge in [0.1, 0.15) is 18.1 Å². The third kappa shape index (κ3) is 4.94. The predicted octanol–water partition coefficient (Wildman–Crippen LogP) is 5.21. The largest absolute Gasteiger partial charge is 0.496 e. The number of likely N-dealkylation sites (tertiary alicyclic amines) is 1. The Morgan fingerprint density at radius 3 is 2.47 bits per heavy atom. The second-order valence-corrected chi connectivity index (χ2v) is 8.05. The van der Waals surface area contributed by atoms with Crippen LogP contribution in [0.25, 0.3) is 22.5 Å². The van der Waals surface area contributed by atoms with Crippen molar-refractivity contribution in [3.63, 3.8) is 0 Å². The van der Waals surface area contributed by atoms with Crippen molar-refractivity contribution in [2.24, 2.45) is 0 Å². The van der Waals surface area contributed by atoms with Crippen LogP contribution in [-0.2, 0) is 6.42 Å². The van der Waals surface area contributed by atoms with Gasteiger partial charge in [-0.3, -0.25) is 4.90 Å². The van der Waals surface area contributed by atoms with Gasteiger partial charge in [-0.2, -0.15) is 0 Å². The second kappa shape index (κ2) is 10.3. The van der Waals surface area contributed by atoms with Crippen LogP contribution >= 0.6 is 0 Å². The zero-order valence-electron chi connectivity index (χ0n) is 18.7. The number of aromatic nitrogens is 1. The molecule has 5 heteroatoms. The van der Waals surface area contributed by atoms with Crippen LogP contribution in [0.15, 0.2) is 67.3 Å². The highest BCUT2D eigenvalue weighted by molar-refractivity contribution is 5.77. The molecule has 1 aliphatic rings. The molecule has 0 radical (unpaired) electrons. The van der Waals surface area contributed by atoms with Gasteiger partial charge in [-0.15, -0.1) is 6.58 Å². The smallest absolute Gasteiger partial charge is 0.131 e. The first-order valence-electron chi connectivity index (χ1n) is 11.2. The third-order valence-electron chi connectivity index (χ3n) is 5.87. The Balaban J connectivity index is 1.65. The van der Waals surface area contributed by atoms with Gasteiger partial charge in [0.25, 0.3) is 0 Å². The number of anilines is 1. The number of para-hydroxylation sites is 1. The molecule has 1 saturated heterocycles. The standard InChI is InChI=1S/C27H31N3O2/c1-3-9-20-18-22(25-13-8-12-24(29-25)21-10-4-5-11-23(21)28)27(31-2)19-26(20)32-17-16-30-14-6-7-15-30/h3-5,8,10-13,18-19H,1,6-7,9,14-17,28H2,2H3. The number of benzene rings is 2. The molecule has 5 nitrogen and oxygen atoms in total. The van der Waals surface area contributed by atoms with Crippen molar-refractivity contribution in [3.8, 4) is 34.0 Å². The lowest BCUT2D eigenvalue weighted by Gasteiger charge is -2.18. The van der Waals surface area contributed by atoms with Crippen LogP contribution in [0.1, 0.15) is 18.4 Å². The summed E-state index contributed by atoms with van der Waals surface area (Å²) in [4.78, 5) is 7.34. The van der Waals surface area contributed by atoms with Gasteiger partial charge in [-0.05, 0) is 62.2 Å². The molecule has 2 heterocycles. The number of hydrogen-bond acceptors (Lipinski definition) is 5. The highest BCUT2D eigenvalue weighted by Crippen LogP contribution is 2.37. The van der Waals surface area contributed by atoms with E-state index in [4.69, 9.17) is 20.2 Å². The van der Waals surface area contributed by atoms with Gasteiger partial charge < -0.3 is 15.2 Å². The molecule has 2 N–H and O–H groups in total. The molecule has 4 rings (SSSR count). The molecule has 0 bridgehead atoms. The summed E-state index contributed by atoms with van der Waals surface area (Å²) in [6.07, 6.45) is 5.17. The number of methoxy groups -OCH3 is 1. The van der Waals surface area contributed by atoms with E-state index >= 15 is 0 Å². The summed E-state index contributed by atoms with van der Waals surface area (Å²) in [7, 11) is 1.68. The number of ether oxygens (including phenoxy) is 2. The summed E-state index contributed by atoms with van der Waals surface area (Å²) >= 11 is 0. The van der Waals surface area contributed by atoms with Crippen molar-refractivity contribution in [1.29, 1.82) is 0 Å². The fourth-order valence-electron chi connectivity index (χ4n) is 4.18. The van der Waals surface area contributed by atoms with E-state index < -0.39 is 0 Å². The predicted molar refractivity (Wildman–Crippen MR) is 131 cm³/mol. The van der Waals surface area contributed by atoms with E-state index in [1.807, 2.05) is 54.6 Å². The van der Waals surface area contributed by atoms with Gasteiger partial charge in [0.15, 0.2) is 0 Å². The van der Waals surface area contributed by atoms with Gasteiger partial charge >= 0.3 is 0 Å². The molecule has 0 amide bonds. The van der Waals surface area contributed by atoms with Crippen LogP contribution in [-0.4, -0.2) is 43.2 Å². The van der Waals surface area contributed by atoms with Crippen molar-refractivity contribution >= 4 is 5.69 Å². The Bertz CT molecular complexity index is 1070. The molecule has 0 aliphatic carbocycles. The van der Waals surface area contributed by atoms with Crippen molar-refractivity contribution < 1.29 is 9.47 Å². The average molecular weight is 430 g/mol. The summed E-state index contributed by atoms with van der Waals surface area (Å²) < 4.78 is 11.9. The number of hydrogen-bond donors (Lipinski definition) is 1. The number of allylic oxidation sites excluding steroid dienone is 1. The molecule has 0 saturated carbocycles. The molecule has 1 aromatic heterocycles. The highest BCUT2D eigenvalue weighted by atomic mass is 16.5. The monoisotopic (exact) mass is 429 g/mol. The Hall–Kier alpha value is -3.31. The first-order valence-corrected chi connectivity index (χ1v) is 11.2. The molecule has 0 spiro atoms. The summed E-state index contributed by atoms with van der Waals surface area (Å²) in [5.41, 5.74) is 11.5. The molecular formula is C27H31N3O2. The lowest BCUT2D eigenvalue weighted by atomic mass is 10.0. The third-order valence-corrected chi connectivity index (χ3v) is 5.87. The second-order valence-electron chi connectivity index (χ2n) is 8.05. The van der Waals surface area contributed by atoms with Gasteiger partial charge in [0.2, 0.25) is 0 Å². The lowest BCUT2D eigenvalue weighted by molar-refractivity contribution is 0.236. The summed E-state index contributed by atoms with van der Waals surface area (Å²) in [6.45, 7) is 7.86. The van der Waals surface area contributed by atoms with Crippen LogP contribution in [0.2, 0.25) is 0 Å². The topological polar surface area (TPSA) is 60.6 Å². The minimum Gasteiger partial charge on any atom is -0.496 e. The zero-order valence-corrected chi connectivity index (χ0v) is 18.7. The van der Waals surface area contributed by atoms with Gasteiger partial charge in [-0.1, -0.05) is 30.3 Å². The normalized spacial score (nSPS) is 13.8. The molecule has 1 aliphatic heterocycles. The SMILES string of the molecule is C=CCc1cc(-c2cccc(-c3ccccc3N)n2)c(OC)cc1OCCN1CCCC1. The highest BCUT2D eigenvalue weighted by Gasteiger charge is 2.16. The van der Waals surface area contributed by atoms with E-state index in [9.17, 15) is 0 Å². The number of rotatable bonds is 9. The quantitative estimate of drug-likeness (QED) is 0.374. The molecular weight excluding hydrogens is 398 g/mol. The number of nitrogens with zero attached hydrogens (tertiary/aromatic N) is 2. The van der Waals surface area contributed by atoms with Crippen molar-refractivity contribution in [3.05, 3.63) is 72.8 Å². The molecule has 2 aromatic carbocycles. The van der Waals surface area contributed by atoms with Crippen LogP contribution < -0.4 is 15.2 Å². The maximum atomic E-state index is 6.19. The maximum Gasteiger partial charge on any atom is 0.131 e. The Morgan fingerprint density at radius 2 is 1.75 bits per heavy atom. The minimum atomic E-state index is 0.660. The molecule has 0 unspecified atom stereocenters. The summed E-state index contributed by atoms with van der Waals surface area (Å²) in [5.74, 6) is 1.58. The van der Waals surface area contributed by atoms with E-state index in [-0.39, 0.29) is 0 Å². The van der Waals surface area contributed by atoms with Crippen LogP contribution in [0.3, 0.4) is 0 Å². The average Bonchev–Trinajstić information content (AvgIpc) is 3.34. The van der Waals surface area contributed by atoms with Crippen molar-refractivity contribution in [2.45, 2.75) is 19.3 Å². The van der Waals surface area contributed by atoms with E-state index in [1.165, 1.54) is 25.9 Å². The first kappa shape index (κ1) is 21.9. The Morgan fingerprint density at radius 1 is 1.00 bits per heavy atom. The van der Waals surface area contributed by atoms with Crippen LogP contribution in [0, 0.1) is 0 Å². The molecule has 3 aromatic rings. The van der Waals surface area contributed by atoms with E-state index in [1.54, 1.807) is 7.11 Å². The van der Waals surface area contributed by atoms with Gasteiger partial charge in [-0.25, -0.2) is 4.98 Å². The number of nitrogens with two attached hydrogens (primary N) is 1. The Kier molecular flexibility index (Phi) is 7.07. The van der Waals surface area contributed by atoms with E-state index in [2.05, 4.69) is 17.5 Å². The summed E-state index contributed by atoms with van der Waals surface area (Å²) in [6, 6.07) is 17.8. The first-order chi connectivity index (χ1) is 15.7.